The van der Waals surface area contributed by atoms with Crippen molar-refractivity contribution in [3.05, 3.63) is 29.5 Å². The Bertz CT molecular complexity index is 735. The Morgan fingerprint density at radius 1 is 1.30 bits per heavy atom. The molecule has 0 aliphatic heterocycles. The summed E-state index contributed by atoms with van der Waals surface area (Å²) in [4.78, 5) is 21.5. The smallest absolute Gasteiger partial charge is 0.407 e. The van der Waals surface area contributed by atoms with Gasteiger partial charge in [0.25, 0.3) is 0 Å². The zero-order valence-electron chi connectivity index (χ0n) is 16.2. The largest absolute Gasteiger partial charge is 0.444 e. The van der Waals surface area contributed by atoms with E-state index in [4.69, 9.17) is 9.15 Å². The number of nitrogens with zero attached hydrogens (tertiary/aromatic N) is 2. The van der Waals surface area contributed by atoms with Gasteiger partial charge in [-0.3, -0.25) is 0 Å². The van der Waals surface area contributed by atoms with E-state index in [1.807, 2.05) is 45.2 Å². The van der Waals surface area contributed by atoms with E-state index >= 15 is 0 Å². The number of thiophene rings is 1. The van der Waals surface area contributed by atoms with Gasteiger partial charge in [-0.05, 0) is 39.1 Å². The Balaban J connectivity index is 1.79. The first-order valence-electron chi connectivity index (χ1n) is 8.84. The quantitative estimate of drug-likeness (QED) is 0.380. The molecule has 0 saturated carbocycles. The Morgan fingerprint density at radius 2 is 2.07 bits per heavy atom. The number of hydrogen-bond acceptors (Lipinski definition) is 6. The van der Waals surface area contributed by atoms with Crippen LogP contribution in [0.5, 0.6) is 0 Å². The average molecular weight is 394 g/mol. The Labute approximate surface area is 163 Å². The second kappa shape index (κ2) is 9.96. The SMILES string of the molecule is CCNC(=NCc1coc(-c2cccs2)n1)NCCNC(=O)OC(C)(C)C. The number of aliphatic imine (C=N–C) groups is 1. The Morgan fingerprint density at radius 3 is 2.74 bits per heavy atom. The first-order valence-corrected chi connectivity index (χ1v) is 9.72. The van der Waals surface area contributed by atoms with Crippen LogP contribution in [0.3, 0.4) is 0 Å². The maximum atomic E-state index is 11.6. The molecule has 2 heterocycles. The van der Waals surface area contributed by atoms with Gasteiger partial charge in [0.05, 0.1) is 11.4 Å². The van der Waals surface area contributed by atoms with E-state index in [-0.39, 0.29) is 0 Å². The molecular weight excluding hydrogens is 366 g/mol. The summed E-state index contributed by atoms with van der Waals surface area (Å²) in [6.45, 7) is 9.53. The summed E-state index contributed by atoms with van der Waals surface area (Å²) < 4.78 is 10.7. The number of carbonyl (C=O) groups is 1. The van der Waals surface area contributed by atoms with Gasteiger partial charge in [-0.15, -0.1) is 11.3 Å². The zero-order chi connectivity index (χ0) is 19.7. The number of rotatable bonds is 7. The maximum absolute atomic E-state index is 11.6. The molecule has 0 fully saturated rings. The first kappa shape index (κ1) is 20.8. The van der Waals surface area contributed by atoms with Gasteiger partial charge in [0.15, 0.2) is 5.96 Å². The van der Waals surface area contributed by atoms with E-state index in [1.54, 1.807) is 17.6 Å². The predicted molar refractivity (Wildman–Crippen MR) is 107 cm³/mol. The molecule has 3 N–H and O–H groups in total. The number of guanidine groups is 1. The Hall–Kier alpha value is -2.55. The van der Waals surface area contributed by atoms with Crippen molar-refractivity contribution in [2.24, 2.45) is 4.99 Å². The molecule has 0 spiro atoms. The normalized spacial score (nSPS) is 11.9. The molecule has 0 bridgehead atoms. The highest BCUT2D eigenvalue weighted by Crippen LogP contribution is 2.23. The molecule has 0 radical (unpaired) electrons. The summed E-state index contributed by atoms with van der Waals surface area (Å²) in [5.41, 5.74) is 0.246. The predicted octanol–water partition coefficient (Wildman–Crippen LogP) is 2.98. The topological polar surface area (TPSA) is 101 Å². The molecular formula is C18H27N5O3S. The minimum atomic E-state index is -0.506. The summed E-state index contributed by atoms with van der Waals surface area (Å²) >= 11 is 1.58. The van der Waals surface area contributed by atoms with Crippen molar-refractivity contribution in [2.45, 2.75) is 39.8 Å². The van der Waals surface area contributed by atoms with Gasteiger partial charge in [-0.25, -0.2) is 14.8 Å². The monoisotopic (exact) mass is 393 g/mol. The van der Waals surface area contributed by atoms with Crippen molar-refractivity contribution in [2.75, 3.05) is 19.6 Å². The van der Waals surface area contributed by atoms with Crippen molar-refractivity contribution < 1.29 is 13.9 Å². The molecule has 27 heavy (non-hydrogen) atoms. The number of alkyl carbamates (subject to hydrolysis) is 1. The van der Waals surface area contributed by atoms with E-state index in [0.29, 0.717) is 31.5 Å². The lowest BCUT2D eigenvalue weighted by Crippen LogP contribution is -2.42. The van der Waals surface area contributed by atoms with Gasteiger partial charge in [0, 0.05) is 19.6 Å². The van der Waals surface area contributed by atoms with Crippen molar-refractivity contribution in [3.8, 4) is 10.8 Å². The average Bonchev–Trinajstić information content (AvgIpc) is 3.25. The van der Waals surface area contributed by atoms with Crippen LogP contribution in [0, 0.1) is 0 Å². The Kier molecular flexibility index (Phi) is 7.66. The minimum Gasteiger partial charge on any atom is -0.444 e. The van der Waals surface area contributed by atoms with E-state index in [0.717, 1.165) is 17.1 Å². The van der Waals surface area contributed by atoms with Crippen LogP contribution in [0.15, 0.2) is 33.2 Å². The summed E-state index contributed by atoms with van der Waals surface area (Å²) in [5, 5.41) is 11.0. The number of carbonyl (C=O) groups excluding carboxylic acids is 1. The van der Waals surface area contributed by atoms with E-state index < -0.39 is 11.7 Å². The molecule has 1 amide bonds. The van der Waals surface area contributed by atoms with Gasteiger partial charge in [0.2, 0.25) is 5.89 Å². The minimum absolute atomic E-state index is 0.393. The number of ether oxygens (including phenoxy) is 1. The summed E-state index contributed by atoms with van der Waals surface area (Å²) in [7, 11) is 0. The fourth-order valence-electron chi connectivity index (χ4n) is 2.05. The highest BCUT2D eigenvalue weighted by atomic mass is 32.1. The lowest BCUT2D eigenvalue weighted by Gasteiger charge is -2.19. The van der Waals surface area contributed by atoms with Crippen LogP contribution in [0.2, 0.25) is 0 Å². The third-order valence-corrected chi connectivity index (χ3v) is 3.97. The van der Waals surface area contributed by atoms with Gasteiger partial charge >= 0.3 is 6.09 Å². The molecule has 8 nitrogen and oxygen atoms in total. The van der Waals surface area contributed by atoms with Crippen LogP contribution in [-0.2, 0) is 11.3 Å². The molecule has 2 rings (SSSR count). The number of hydrogen-bond donors (Lipinski definition) is 3. The summed E-state index contributed by atoms with van der Waals surface area (Å²) in [5.74, 6) is 1.25. The van der Waals surface area contributed by atoms with E-state index in [2.05, 4.69) is 25.9 Å². The second-order valence-corrected chi connectivity index (χ2v) is 7.62. The van der Waals surface area contributed by atoms with Crippen LogP contribution in [0.25, 0.3) is 10.8 Å². The number of oxazole rings is 1. The van der Waals surface area contributed by atoms with Crippen molar-refractivity contribution >= 4 is 23.4 Å². The van der Waals surface area contributed by atoms with Crippen LogP contribution >= 0.6 is 11.3 Å². The van der Waals surface area contributed by atoms with E-state index in [9.17, 15) is 4.79 Å². The van der Waals surface area contributed by atoms with Crippen molar-refractivity contribution in [3.63, 3.8) is 0 Å². The van der Waals surface area contributed by atoms with Crippen LogP contribution < -0.4 is 16.0 Å². The molecule has 0 aliphatic carbocycles. The first-order chi connectivity index (χ1) is 12.9. The maximum Gasteiger partial charge on any atom is 0.407 e. The summed E-state index contributed by atoms with van der Waals surface area (Å²) in [6.07, 6.45) is 1.18. The van der Waals surface area contributed by atoms with Gasteiger partial charge < -0.3 is 25.1 Å². The molecule has 148 valence electrons. The second-order valence-electron chi connectivity index (χ2n) is 6.67. The van der Waals surface area contributed by atoms with Gasteiger partial charge in [-0.2, -0.15) is 0 Å². The molecule has 0 aromatic carbocycles. The standard InChI is InChI=1S/C18H27N5O3S/c1-5-19-16(20-8-9-21-17(24)26-18(2,3)4)22-11-13-12-25-15(23-13)14-7-6-10-27-14/h6-7,10,12H,5,8-9,11H2,1-4H3,(H,21,24)(H2,19,20,22). The zero-order valence-corrected chi connectivity index (χ0v) is 17.0. The third-order valence-electron chi connectivity index (χ3n) is 3.11. The highest BCUT2D eigenvalue weighted by Gasteiger charge is 2.15. The highest BCUT2D eigenvalue weighted by molar-refractivity contribution is 7.13. The number of amides is 1. The van der Waals surface area contributed by atoms with Crippen molar-refractivity contribution in [1.82, 2.24) is 20.9 Å². The molecule has 0 atom stereocenters. The van der Waals surface area contributed by atoms with Crippen LogP contribution in [0.4, 0.5) is 4.79 Å². The number of aromatic nitrogens is 1. The van der Waals surface area contributed by atoms with E-state index in [1.165, 1.54) is 0 Å². The molecule has 2 aromatic heterocycles. The molecule has 9 heteroatoms. The third kappa shape index (κ3) is 7.69. The van der Waals surface area contributed by atoms with Crippen molar-refractivity contribution in [1.29, 1.82) is 0 Å². The lowest BCUT2D eigenvalue weighted by atomic mass is 10.2. The fourth-order valence-corrected chi connectivity index (χ4v) is 2.71. The van der Waals surface area contributed by atoms with Gasteiger partial charge in [-0.1, -0.05) is 6.07 Å². The summed E-state index contributed by atoms with van der Waals surface area (Å²) in [6, 6.07) is 3.92. The molecule has 0 saturated heterocycles. The molecule has 0 unspecified atom stereocenters. The fraction of sp³-hybridized carbons (Fsp3) is 0.500. The van der Waals surface area contributed by atoms with Crippen LogP contribution in [0.1, 0.15) is 33.4 Å². The number of nitrogens with one attached hydrogen (secondary N) is 3. The van der Waals surface area contributed by atoms with Crippen LogP contribution in [-0.4, -0.2) is 42.3 Å². The lowest BCUT2D eigenvalue weighted by molar-refractivity contribution is 0.0529. The van der Waals surface area contributed by atoms with Gasteiger partial charge in [0.1, 0.15) is 17.6 Å². The molecule has 2 aromatic rings. The molecule has 0 aliphatic rings.